The Labute approximate surface area is 106 Å². The van der Waals surface area contributed by atoms with Crippen LogP contribution in [0, 0.1) is 0 Å². The molecule has 1 aromatic rings. The van der Waals surface area contributed by atoms with E-state index in [2.05, 4.69) is 10.9 Å². The molecular weight excluding hydrogens is 252 g/mol. The summed E-state index contributed by atoms with van der Waals surface area (Å²) in [6, 6.07) is 8.78. The fraction of sp³-hybridized carbons (Fsp3) is 0.417. The normalized spacial score (nSPS) is 25.8. The maximum atomic E-state index is 11.8. The zero-order chi connectivity index (χ0) is 13.2. The SMILES string of the molecule is CC1(NNC(=O)c2ccccc2)CCS(=O)(=O)C1. The summed E-state index contributed by atoms with van der Waals surface area (Å²) in [6.07, 6.45) is 0.504. The summed E-state index contributed by atoms with van der Waals surface area (Å²) in [5.74, 6) is -0.0478. The molecular formula is C12H16N2O3S. The van der Waals surface area contributed by atoms with Gasteiger partial charge in [0.25, 0.3) is 5.91 Å². The van der Waals surface area contributed by atoms with Gasteiger partial charge in [0.15, 0.2) is 9.84 Å². The van der Waals surface area contributed by atoms with Gasteiger partial charge in [-0.2, -0.15) is 0 Å². The lowest BCUT2D eigenvalue weighted by Gasteiger charge is -2.24. The number of hydrogen-bond donors (Lipinski definition) is 2. The Bertz CT molecular complexity index is 542. The smallest absolute Gasteiger partial charge is 0.265 e. The number of sulfone groups is 1. The molecule has 6 heteroatoms. The second-order valence-corrected chi connectivity index (χ2v) is 7.03. The lowest BCUT2D eigenvalue weighted by molar-refractivity contribution is 0.0912. The second-order valence-electron chi connectivity index (χ2n) is 4.85. The number of hydrazine groups is 1. The minimum Gasteiger partial charge on any atom is -0.287 e. The zero-order valence-corrected chi connectivity index (χ0v) is 11.0. The van der Waals surface area contributed by atoms with E-state index in [0.717, 1.165) is 0 Å². The van der Waals surface area contributed by atoms with Gasteiger partial charge in [-0.15, -0.1) is 0 Å². The van der Waals surface area contributed by atoms with Crippen LogP contribution in [-0.2, 0) is 9.84 Å². The van der Waals surface area contributed by atoms with Crippen molar-refractivity contribution in [2.75, 3.05) is 11.5 Å². The average molecular weight is 268 g/mol. The predicted molar refractivity (Wildman–Crippen MR) is 68.7 cm³/mol. The molecule has 0 aromatic heterocycles. The highest BCUT2D eigenvalue weighted by Gasteiger charge is 2.38. The number of benzene rings is 1. The number of carbonyl (C=O) groups excluding carboxylic acids is 1. The van der Waals surface area contributed by atoms with Crippen LogP contribution in [0.5, 0.6) is 0 Å². The molecule has 1 aliphatic rings. The molecule has 0 saturated carbocycles. The van der Waals surface area contributed by atoms with Crippen LogP contribution in [0.1, 0.15) is 23.7 Å². The van der Waals surface area contributed by atoms with Gasteiger partial charge in [-0.1, -0.05) is 18.2 Å². The van der Waals surface area contributed by atoms with E-state index in [1.807, 2.05) is 6.07 Å². The van der Waals surface area contributed by atoms with Crippen molar-refractivity contribution in [3.8, 4) is 0 Å². The van der Waals surface area contributed by atoms with Gasteiger partial charge in [0, 0.05) is 11.1 Å². The Balaban J connectivity index is 1.95. The van der Waals surface area contributed by atoms with Crippen LogP contribution in [0.15, 0.2) is 30.3 Å². The highest BCUT2D eigenvalue weighted by molar-refractivity contribution is 7.91. The molecule has 2 N–H and O–H groups in total. The molecule has 18 heavy (non-hydrogen) atoms. The summed E-state index contributed by atoms with van der Waals surface area (Å²) < 4.78 is 22.8. The van der Waals surface area contributed by atoms with Crippen molar-refractivity contribution in [2.24, 2.45) is 0 Å². The first-order valence-corrected chi connectivity index (χ1v) is 7.55. The molecule has 2 rings (SSSR count). The molecule has 1 amide bonds. The molecule has 1 atom stereocenters. The van der Waals surface area contributed by atoms with Crippen molar-refractivity contribution in [3.63, 3.8) is 0 Å². The summed E-state index contributed by atoms with van der Waals surface area (Å²) in [7, 11) is -2.98. The molecule has 98 valence electrons. The number of carbonyl (C=O) groups is 1. The van der Waals surface area contributed by atoms with Gasteiger partial charge in [-0.25, -0.2) is 13.8 Å². The van der Waals surface area contributed by atoms with E-state index in [4.69, 9.17) is 0 Å². The minimum atomic E-state index is -2.98. The summed E-state index contributed by atoms with van der Waals surface area (Å²) in [6.45, 7) is 1.79. The maximum Gasteiger partial charge on any atom is 0.265 e. The summed E-state index contributed by atoms with van der Waals surface area (Å²) in [4.78, 5) is 11.8. The second kappa shape index (κ2) is 4.70. The highest BCUT2D eigenvalue weighted by Crippen LogP contribution is 2.21. The largest absolute Gasteiger partial charge is 0.287 e. The van der Waals surface area contributed by atoms with E-state index >= 15 is 0 Å². The first kappa shape index (κ1) is 13.0. The third-order valence-electron chi connectivity index (χ3n) is 3.02. The molecule has 1 unspecified atom stereocenters. The van der Waals surface area contributed by atoms with Crippen LogP contribution < -0.4 is 10.9 Å². The fourth-order valence-corrected chi connectivity index (χ4v) is 4.07. The summed E-state index contributed by atoms with van der Waals surface area (Å²) in [5, 5.41) is 0. The van der Waals surface area contributed by atoms with Crippen molar-refractivity contribution in [3.05, 3.63) is 35.9 Å². The molecule has 1 fully saturated rings. The van der Waals surface area contributed by atoms with Crippen molar-refractivity contribution >= 4 is 15.7 Å². The van der Waals surface area contributed by atoms with Gasteiger partial charge < -0.3 is 0 Å². The standard InChI is InChI=1S/C12H16N2O3S/c1-12(7-8-18(16,17)9-12)14-13-11(15)10-5-3-2-4-6-10/h2-6,14H,7-9H2,1H3,(H,13,15). The van der Waals surface area contributed by atoms with E-state index in [-0.39, 0.29) is 17.4 Å². The predicted octanol–water partition coefficient (Wildman–Crippen LogP) is 0.498. The first-order valence-electron chi connectivity index (χ1n) is 5.73. The quantitative estimate of drug-likeness (QED) is 0.783. The molecule has 1 heterocycles. The van der Waals surface area contributed by atoms with E-state index < -0.39 is 15.4 Å². The van der Waals surface area contributed by atoms with Crippen LogP contribution in [-0.4, -0.2) is 31.4 Å². The Morgan fingerprint density at radius 3 is 2.50 bits per heavy atom. The van der Waals surface area contributed by atoms with E-state index in [0.29, 0.717) is 12.0 Å². The minimum absolute atomic E-state index is 0.0507. The summed E-state index contributed by atoms with van der Waals surface area (Å²) >= 11 is 0. The fourth-order valence-electron chi connectivity index (χ4n) is 1.98. The highest BCUT2D eigenvalue weighted by atomic mass is 32.2. The molecule has 0 bridgehead atoms. The number of nitrogens with one attached hydrogen (secondary N) is 2. The van der Waals surface area contributed by atoms with Crippen LogP contribution >= 0.6 is 0 Å². The first-order chi connectivity index (χ1) is 8.40. The molecule has 1 aliphatic heterocycles. The lowest BCUT2D eigenvalue weighted by Crippen LogP contribution is -2.53. The van der Waals surface area contributed by atoms with Crippen LogP contribution in [0.25, 0.3) is 0 Å². The molecule has 5 nitrogen and oxygen atoms in total. The van der Waals surface area contributed by atoms with E-state index in [1.165, 1.54) is 0 Å². The monoisotopic (exact) mass is 268 g/mol. The van der Waals surface area contributed by atoms with Gasteiger partial charge in [-0.05, 0) is 25.5 Å². The lowest BCUT2D eigenvalue weighted by atomic mass is 10.0. The van der Waals surface area contributed by atoms with E-state index in [1.54, 1.807) is 31.2 Å². The van der Waals surface area contributed by atoms with Crippen LogP contribution in [0.2, 0.25) is 0 Å². The zero-order valence-electron chi connectivity index (χ0n) is 10.1. The van der Waals surface area contributed by atoms with Gasteiger partial charge in [0.1, 0.15) is 0 Å². The van der Waals surface area contributed by atoms with Crippen molar-refractivity contribution in [2.45, 2.75) is 18.9 Å². The van der Waals surface area contributed by atoms with Gasteiger partial charge in [0.05, 0.1) is 11.5 Å². The van der Waals surface area contributed by atoms with Gasteiger partial charge in [0.2, 0.25) is 0 Å². The Kier molecular flexibility index (Phi) is 3.41. The molecule has 0 spiro atoms. The third-order valence-corrected chi connectivity index (χ3v) is 4.92. The van der Waals surface area contributed by atoms with Crippen LogP contribution in [0.3, 0.4) is 0 Å². The Morgan fingerprint density at radius 2 is 1.94 bits per heavy atom. The van der Waals surface area contributed by atoms with E-state index in [9.17, 15) is 13.2 Å². The Morgan fingerprint density at radius 1 is 1.28 bits per heavy atom. The topological polar surface area (TPSA) is 75.3 Å². The maximum absolute atomic E-state index is 11.8. The number of hydrogen-bond acceptors (Lipinski definition) is 4. The summed E-state index contributed by atoms with van der Waals surface area (Å²) in [5.41, 5.74) is 5.36. The average Bonchev–Trinajstić information content (AvgIpc) is 2.62. The van der Waals surface area contributed by atoms with Gasteiger partial charge >= 0.3 is 0 Å². The third kappa shape index (κ3) is 3.08. The molecule has 1 saturated heterocycles. The van der Waals surface area contributed by atoms with Gasteiger partial charge in [-0.3, -0.25) is 10.2 Å². The van der Waals surface area contributed by atoms with Crippen molar-refractivity contribution < 1.29 is 13.2 Å². The molecule has 1 aromatic carbocycles. The number of amides is 1. The number of rotatable bonds is 3. The Hall–Kier alpha value is -1.40. The van der Waals surface area contributed by atoms with Crippen molar-refractivity contribution in [1.29, 1.82) is 0 Å². The molecule has 0 aliphatic carbocycles. The van der Waals surface area contributed by atoms with Crippen LogP contribution in [0.4, 0.5) is 0 Å². The van der Waals surface area contributed by atoms with Crippen molar-refractivity contribution in [1.82, 2.24) is 10.9 Å². The molecule has 0 radical (unpaired) electrons.